The number of benzene rings is 1. The van der Waals surface area contributed by atoms with E-state index in [0.717, 1.165) is 12.0 Å². The number of rotatable bonds is 7. The molecule has 2 N–H and O–H groups in total. The molecule has 1 aromatic rings. The van der Waals surface area contributed by atoms with Crippen molar-refractivity contribution in [1.82, 2.24) is 0 Å². The van der Waals surface area contributed by atoms with Crippen molar-refractivity contribution in [1.29, 1.82) is 0 Å². The lowest BCUT2D eigenvalue weighted by molar-refractivity contribution is 0.366. The Labute approximate surface area is 188 Å². The Morgan fingerprint density at radius 2 is 1.74 bits per heavy atom. The summed E-state index contributed by atoms with van der Waals surface area (Å²) in [4.78, 5) is 0. The van der Waals surface area contributed by atoms with Gasteiger partial charge < -0.3 is 10.2 Å². The lowest BCUT2D eigenvalue weighted by Crippen LogP contribution is -2.23. The molecule has 2 nitrogen and oxygen atoms in total. The molecule has 0 saturated carbocycles. The summed E-state index contributed by atoms with van der Waals surface area (Å²) >= 11 is 0. The summed E-state index contributed by atoms with van der Waals surface area (Å²) in [5.41, 5.74) is 4.31. The fourth-order valence-electron chi connectivity index (χ4n) is 3.70. The lowest BCUT2D eigenvalue weighted by atomic mass is 9.72. The summed E-state index contributed by atoms with van der Waals surface area (Å²) in [6.07, 6.45) is 17.1. The molecular formula is C29H38O2. The van der Waals surface area contributed by atoms with Gasteiger partial charge in [0.15, 0.2) is 0 Å². The van der Waals surface area contributed by atoms with Gasteiger partial charge in [0.05, 0.1) is 11.5 Å². The first-order chi connectivity index (χ1) is 14.5. The molecule has 0 spiro atoms. The zero-order valence-corrected chi connectivity index (χ0v) is 20.1. The molecule has 2 heteroatoms. The minimum absolute atomic E-state index is 0.0240. The first kappa shape index (κ1) is 24.5. The quantitative estimate of drug-likeness (QED) is 0.346. The van der Waals surface area contributed by atoms with Gasteiger partial charge in [0.25, 0.3) is 0 Å². The third-order valence-corrected chi connectivity index (χ3v) is 6.25. The Kier molecular flexibility index (Phi) is 7.95. The highest BCUT2D eigenvalue weighted by atomic mass is 16.3. The van der Waals surface area contributed by atoms with E-state index in [1.807, 2.05) is 25.2 Å². The van der Waals surface area contributed by atoms with Crippen molar-refractivity contribution < 1.29 is 10.2 Å². The Balaban J connectivity index is 2.52. The largest absolute Gasteiger partial charge is 0.513 e. The number of aliphatic hydroxyl groups excluding tert-OH is 2. The number of aliphatic hydroxyl groups is 2. The van der Waals surface area contributed by atoms with Crippen LogP contribution < -0.4 is 0 Å². The first-order valence-corrected chi connectivity index (χ1v) is 11.1. The SMILES string of the molecule is CC\C=C/C(=C\C=C(/C)O)C(C)(C)c1cccc(C(C)(C)C2=CC=C(O)C(C)C=C2)c1. The second kappa shape index (κ2) is 10.0. The molecule has 0 heterocycles. The van der Waals surface area contributed by atoms with Crippen LogP contribution in [0.25, 0.3) is 0 Å². The highest BCUT2D eigenvalue weighted by Crippen LogP contribution is 2.38. The molecule has 31 heavy (non-hydrogen) atoms. The van der Waals surface area contributed by atoms with Gasteiger partial charge in [-0.2, -0.15) is 0 Å². The van der Waals surface area contributed by atoms with Crippen LogP contribution in [0.4, 0.5) is 0 Å². The Morgan fingerprint density at radius 1 is 1.06 bits per heavy atom. The normalized spacial score (nSPS) is 18.7. The van der Waals surface area contributed by atoms with Gasteiger partial charge in [-0.15, -0.1) is 0 Å². The van der Waals surface area contributed by atoms with Crippen molar-refractivity contribution in [3.8, 4) is 0 Å². The number of hydrogen-bond acceptors (Lipinski definition) is 2. The van der Waals surface area contributed by atoms with E-state index in [-0.39, 0.29) is 16.7 Å². The average Bonchev–Trinajstić information content (AvgIpc) is 2.89. The molecule has 0 aliphatic heterocycles. The van der Waals surface area contributed by atoms with Crippen LogP contribution in [-0.4, -0.2) is 10.2 Å². The van der Waals surface area contributed by atoms with Gasteiger partial charge in [-0.25, -0.2) is 0 Å². The van der Waals surface area contributed by atoms with Gasteiger partial charge in [-0.3, -0.25) is 0 Å². The van der Waals surface area contributed by atoms with Gasteiger partial charge in [-0.1, -0.05) is 102 Å². The summed E-state index contributed by atoms with van der Waals surface area (Å²) in [7, 11) is 0. The molecule has 166 valence electrons. The van der Waals surface area contributed by atoms with Gasteiger partial charge in [0.1, 0.15) is 0 Å². The average molecular weight is 419 g/mol. The molecular weight excluding hydrogens is 380 g/mol. The molecule has 0 saturated heterocycles. The van der Waals surface area contributed by atoms with Crippen LogP contribution in [0.15, 0.2) is 95.5 Å². The molecule has 2 rings (SSSR count). The molecule has 0 aromatic heterocycles. The molecule has 0 amide bonds. The first-order valence-electron chi connectivity index (χ1n) is 11.1. The smallest absolute Gasteiger partial charge is 0.0988 e. The van der Waals surface area contributed by atoms with Gasteiger partial charge in [0, 0.05) is 16.7 Å². The van der Waals surface area contributed by atoms with E-state index in [9.17, 15) is 10.2 Å². The third kappa shape index (κ3) is 5.91. The van der Waals surface area contributed by atoms with Gasteiger partial charge >= 0.3 is 0 Å². The highest BCUT2D eigenvalue weighted by molar-refractivity contribution is 5.48. The molecule has 0 fully saturated rings. The predicted octanol–water partition coefficient (Wildman–Crippen LogP) is 8.17. The minimum Gasteiger partial charge on any atom is -0.513 e. The van der Waals surface area contributed by atoms with Gasteiger partial charge in [0.2, 0.25) is 0 Å². The van der Waals surface area contributed by atoms with E-state index < -0.39 is 0 Å². The van der Waals surface area contributed by atoms with Crippen molar-refractivity contribution in [2.45, 2.75) is 65.7 Å². The standard InChI is InChI=1S/C29H38O2/c1-8-9-11-23(17-15-22(3)30)28(4,5)25-12-10-13-26(20-25)29(6,7)24-16-14-21(2)27(31)19-18-24/h9-21,30-31H,8H2,1-7H3/b11-9-,22-15+,23-17+. The Morgan fingerprint density at radius 3 is 2.39 bits per heavy atom. The predicted molar refractivity (Wildman–Crippen MR) is 133 cm³/mol. The molecule has 0 bridgehead atoms. The maximum Gasteiger partial charge on any atom is 0.0988 e. The maximum absolute atomic E-state index is 10.1. The summed E-state index contributed by atoms with van der Waals surface area (Å²) in [5.74, 6) is 0.711. The van der Waals surface area contributed by atoms with Crippen LogP contribution >= 0.6 is 0 Å². The molecule has 1 atom stereocenters. The fourth-order valence-corrected chi connectivity index (χ4v) is 3.70. The molecule has 1 aromatic carbocycles. The topological polar surface area (TPSA) is 40.5 Å². The van der Waals surface area contributed by atoms with Crippen molar-refractivity contribution >= 4 is 0 Å². The van der Waals surface area contributed by atoms with E-state index in [4.69, 9.17) is 0 Å². The zero-order chi connectivity index (χ0) is 23.2. The third-order valence-electron chi connectivity index (χ3n) is 6.25. The van der Waals surface area contributed by atoms with E-state index in [1.165, 1.54) is 16.7 Å². The van der Waals surface area contributed by atoms with E-state index >= 15 is 0 Å². The van der Waals surface area contributed by atoms with Crippen molar-refractivity contribution in [3.63, 3.8) is 0 Å². The monoisotopic (exact) mass is 418 g/mol. The second-order valence-electron chi connectivity index (χ2n) is 9.43. The van der Waals surface area contributed by atoms with Crippen LogP contribution in [0.1, 0.15) is 66.0 Å². The van der Waals surface area contributed by atoms with Crippen molar-refractivity contribution in [2.24, 2.45) is 5.92 Å². The highest BCUT2D eigenvalue weighted by Gasteiger charge is 2.29. The number of hydrogen-bond donors (Lipinski definition) is 2. The Hall–Kier alpha value is -2.74. The van der Waals surface area contributed by atoms with E-state index in [0.29, 0.717) is 11.5 Å². The van der Waals surface area contributed by atoms with E-state index in [1.54, 1.807) is 13.0 Å². The molecule has 1 aliphatic carbocycles. The molecule has 1 unspecified atom stereocenters. The summed E-state index contributed by atoms with van der Waals surface area (Å²) in [5, 5.41) is 19.8. The van der Waals surface area contributed by atoms with Crippen molar-refractivity contribution in [3.05, 3.63) is 107 Å². The lowest BCUT2D eigenvalue weighted by Gasteiger charge is -2.31. The van der Waals surface area contributed by atoms with Crippen LogP contribution in [0.2, 0.25) is 0 Å². The molecule has 0 radical (unpaired) electrons. The van der Waals surface area contributed by atoms with Gasteiger partial charge in [-0.05, 0) is 47.8 Å². The summed E-state index contributed by atoms with van der Waals surface area (Å²) in [6.45, 7) is 14.7. The summed E-state index contributed by atoms with van der Waals surface area (Å²) in [6, 6.07) is 8.76. The van der Waals surface area contributed by atoms with Crippen LogP contribution in [-0.2, 0) is 10.8 Å². The second-order valence-corrected chi connectivity index (χ2v) is 9.43. The maximum atomic E-state index is 10.1. The summed E-state index contributed by atoms with van der Waals surface area (Å²) < 4.78 is 0. The molecule has 1 aliphatic rings. The Bertz CT molecular complexity index is 958. The van der Waals surface area contributed by atoms with Crippen LogP contribution in [0.3, 0.4) is 0 Å². The fraction of sp³-hybridized carbons (Fsp3) is 0.379. The van der Waals surface area contributed by atoms with Crippen molar-refractivity contribution in [2.75, 3.05) is 0 Å². The number of allylic oxidation sites excluding steroid dienone is 11. The van der Waals surface area contributed by atoms with E-state index in [2.05, 4.69) is 83.2 Å². The minimum atomic E-state index is -0.232. The van der Waals surface area contributed by atoms with Crippen LogP contribution in [0.5, 0.6) is 0 Å². The zero-order valence-electron chi connectivity index (χ0n) is 20.1. The van der Waals surface area contributed by atoms with Crippen LogP contribution in [0, 0.1) is 5.92 Å².